The number of thiophene rings is 1. The lowest BCUT2D eigenvalue weighted by Gasteiger charge is -2.44. The Kier molecular flexibility index (Phi) is 5.18. The summed E-state index contributed by atoms with van der Waals surface area (Å²) in [7, 11) is 1.30. The third-order valence-electron chi connectivity index (χ3n) is 5.51. The molecular formula is C19H22NO5S-. The molecule has 1 aromatic rings. The standard InChI is InChI=1S/C19H23NO5S/c1-4-12-9(2)26-17(15(12)19(24)25-3)20-16(21)13-10-5-7-11(8-6-10)14(13)18(22)23/h5,7,10-11,13-14H,4,6,8H2,1-3H3,(H,20,21)(H,22,23)/p-1. The van der Waals surface area contributed by atoms with Crippen molar-refractivity contribution in [3.8, 4) is 0 Å². The first kappa shape index (κ1) is 18.6. The van der Waals surface area contributed by atoms with E-state index in [9.17, 15) is 19.5 Å². The average Bonchev–Trinajstić information content (AvgIpc) is 2.95. The minimum Gasteiger partial charge on any atom is -0.550 e. The number of fused-ring (bicyclic) bond motifs is 2. The van der Waals surface area contributed by atoms with E-state index >= 15 is 0 Å². The summed E-state index contributed by atoms with van der Waals surface area (Å²) in [4.78, 5) is 37.7. The third kappa shape index (κ3) is 3.05. The van der Waals surface area contributed by atoms with Gasteiger partial charge in [0, 0.05) is 16.8 Å². The number of hydrogen-bond acceptors (Lipinski definition) is 6. The van der Waals surface area contributed by atoms with Crippen LogP contribution in [0, 0.1) is 30.6 Å². The zero-order chi connectivity index (χ0) is 19.0. The number of allylic oxidation sites excluding steroid dienone is 2. The van der Waals surface area contributed by atoms with Gasteiger partial charge in [0.15, 0.2) is 0 Å². The molecule has 140 valence electrons. The molecule has 7 heteroatoms. The molecule has 1 amide bonds. The first-order valence-electron chi connectivity index (χ1n) is 8.79. The maximum Gasteiger partial charge on any atom is 0.341 e. The first-order chi connectivity index (χ1) is 12.4. The highest BCUT2D eigenvalue weighted by Crippen LogP contribution is 2.45. The molecule has 3 aliphatic carbocycles. The van der Waals surface area contributed by atoms with E-state index in [-0.39, 0.29) is 17.7 Å². The normalized spacial score (nSPS) is 26.6. The van der Waals surface area contributed by atoms with Crippen molar-refractivity contribution in [3.63, 3.8) is 0 Å². The van der Waals surface area contributed by atoms with Crippen LogP contribution in [0.15, 0.2) is 12.2 Å². The molecule has 0 radical (unpaired) electrons. The Balaban J connectivity index is 1.92. The molecule has 0 saturated heterocycles. The molecule has 0 spiro atoms. The number of aryl methyl sites for hydroxylation is 1. The van der Waals surface area contributed by atoms with Crippen LogP contribution < -0.4 is 10.4 Å². The average molecular weight is 376 g/mol. The van der Waals surface area contributed by atoms with Crippen LogP contribution in [0.2, 0.25) is 0 Å². The van der Waals surface area contributed by atoms with Gasteiger partial charge in [-0.05, 0) is 43.6 Å². The summed E-state index contributed by atoms with van der Waals surface area (Å²) in [6.45, 7) is 3.82. The summed E-state index contributed by atoms with van der Waals surface area (Å²) < 4.78 is 4.87. The van der Waals surface area contributed by atoms with E-state index in [0.717, 1.165) is 23.3 Å². The second kappa shape index (κ2) is 7.23. The monoisotopic (exact) mass is 376 g/mol. The van der Waals surface area contributed by atoms with Gasteiger partial charge in [0.2, 0.25) is 5.91 Å². The Bertz CT molecular complexity index is 781. The van der Waals surface area contributed by atoms with Crippen molar-refractivity contribution in [1.29, 1.82) is 0 Å². The summed E-state index contributed by atoms with van der Waals surface area (Å²) in [6.07, 6.45) is 6.02. The molecule has 1 N–H and O–H groups in total. The van der Waals surface area contributed by atoms with Gasteiger partial charge in [-0.3, -0.25) is 4.79 Å². The van der Waals surface area contributed by atoms with Gasteiger partial charge in [-0.1, -0.05) is 19.1 Å². The van der Waals surface area contributed by atoms with E-state index in [2.05, 4.69) is 5.32 Å². The van der Waals surface area contributed by atoms with Crippen LogP contribution in [0.4, 0.5) is 5.00 Å². The summed E-state index contributed by atoms with van der Waals surface area (Å²) in [5.41, 5.74) is 1.21. The molecular weight excluding hydrogens is 354 g/mol. The van der Waals surface area contributed by atoms with Crippen molar-refractivity contribution in [2.45, 2.75) is 33.1 Å². The van der Waals surface area contributed by atoms with Crippen molar-refractivity contribution in [3.05, 3.63) is 28.2 Å². The van der Waals surface area contributed by atoms with Crippen LogP contribution in [0.5, 0.6) is 0 Å². The molecule has 1 aromatic heterocycles. The molecule has 6 nitrogen and oxygen atoms in total. The maximum atomic E-state index is 13.0. The predicted molar refractivity (Wildman–Crippen MR) is 95.7 cm³/mol. The number of carbonyl (C=O) groups is 3. The number of aliphatic carboxylic acids is 1. The van der Waals surface area contributed by atoms with Gasteiger partial charge in [0.05, 0.1) is 18.6 Å². The molecule has 4 atom stereocenters. The number of rotatable bonds is 5. The van der Waals surface area contributed by atoms with Crippen molar-refractivity contribution >= 4 is 34.2 Å². The molecule has 0 aliphatic heterocycles. The molecule has 26 heavy (non-hydrogen) atoms. The lowest BCUT2D eigenvalue weighted by Crippen LogP contribution is -2.51. The number of ether oxygens (including phenoxy) is 1. The topological polar surface area (TPSA) is 95.5 Å². The van der Waals surface area contributed by atoms with E-state index in [0.29, 0.717) is 17.0 Å². The van der Waals surface area contributed by atoms with Gasteiger partial charge < -0.3 is 20.0 Å². The molecule has 1 saturated carbocycles. The lowest BCUT2D eigenvalue weighted by atomic mass is 9.62. The zero-order valence-corrected chi connectivity index (χ0v) is 15.9. The fourth-order valence-corrected chi connectivity index (χ4v) is 5.41. The Labute approximate surface area is 156 Å². The highest BCUT2D eigenvalue weighted by molar-refractivity contribution is 7.16. The number of amides is 1. The van der Waals surface area contributed by atoms with E-state index in [4.69, 9.17) is 4.74 Å². The second-order valence-corrected chi connectivity index (χ2v) is 8.06. The van der Waals surface area contributed by atoms with Gasteiger partial charge >= 0.3 is 5.97 Å². The number of methoxy groups -OCH3 is 1. The highest BCUT2D eigenvalue weighted by atomic mass is 32.1. The molecule has 1 fully saturated rings. The van der Waals surface area contributed by atoms with Gasteiger partial charge in [-0.15, -0.1) is 11.3 Å². The molecule has 4 rings (SSSR count). The van der Waals surface area contributed by atoms with Gasteiger partial charge in [-0.25, -0.2) is 4.79 Å². The van der Waals surface area contributed by atoms with Gasteiger partial charge in [-0.2, -0.15) is 0 Å². The molecule has 0 aromatic carbocycles. The van der Waals surface area contributed by atoms with Crippen molar-refractivity contribution in [1.82, 2.24) is 0 Å². The summed E-state index contributed by atoms with van der Waals surface area (Å²) in [6, 6.07) is 0. The second-order valence-electron chi connectivity index (χ2n) is 6.84. The highest BCUT2D eigenvalue weighted by Gasteiger charge is 2.45. The third-order valence-corrected chi connectivity index (χ3v) is 6.57. The quantitative estimate of drug-likeness (QED) is 0.626. The van der Waals surface area contributed by atoms with E-state index < -0.39 is 23.8 Å². The van der Waals surface area contributed by atoms with E-state index in [1.807, 2.05) is 26.0 Å². The number of carboxylic acids is 1. The maximum absolute atomic E-state index is 13.0. The fourth-order valence-electron chi connectivity index (χ4n) is 4.28. The molecule has 2 bridgehead atoms. The van der Waals surface area contributed by atoms with Crippen LogP contribution in [-0.4, -0.2) is 25.0 Å². The van der Waals surface area contributed by atoms with Crippen LogP contribution in [0.25, 0.3) is 0 Å². The van der Waals surface area contributed by atoms with Crippen molar-refractivity contribution in [2.24, 2.45) is 23.7 Å². The number of carboxylic acid groups (broad SMARTS) is 1. The minimum atomic E-state index is -1.19. The number of nitrogens with one attached hydrogen (secondary N) is 1. The van der Waals surface area contributed by atoms with Crippen molar-refractivity contribution in [2.75, 3.05) is 12.4 Å². The Morgan fingerprint density at radius 2 is 1.85 bits per heavy atom. The molecule has 1 heterocycles. The Morgan fingerprint density at radius 1 is 1.23 bits per heavy atom. The van der Waals surface area contributed by atoms with E-state index in [1.54, 1.807) is 0 Å². The fraction of sp³-hybridized carbons (Fsp3) is 0.526. The summed E-state index contributed by atoms with van der Waals surface area (Å²) in [5.74, 6) is -3.84. The zero-order valence-electron chi connectivity index (χ0n) is 15.0. The summed E-state index contributed by atoms with van der Waals surface area (Å²) >= 11 is 1.32. The van der Waals surface area contributed by atoms with Crippen molar-refractivity contribution < 1.29 is 24.2 Å². The van der Waals surface area contributed by atoms with Crippen LogP contribution >= 0.6 is 11.3 Å². The van der Waals surface area contributed by atoms with Crippen LogP contribution in [0.3, 0.4) is 0 Å². The number of carbonyl (C=O) groups excluding carboxylic acids is 3. The SMILES string of the molecule is CCc1c(C)sc(NC(=O)C2C3C=CC(CC3)C2C(=O)[O-])c1C(=O)OC. The van der Waals surface area contributed by atoms with E-state index in [1.165, 1.54) is 18.4 Å². The summed E-state index contributed by atoms with van der Waals surface area (Å²) in [5, 5.41) is 14.9. The largest absolute Gasteiger partial charge is 0.550 e. The van der Waals surface area contributed by atoms with Crippen LogP contribution in [-0.2, 0) is 20.7 Å². The molecule has 3 aliphatic rings. The minimum absolute atomic E-state index is 0.115. The first-order valence-corrected chi connectivity index (χ1v) is 9.61. The molecule has 4 unspecified atom stereocenters. The smallest absolute Gasteiger partial charge is 0.341 e. The predicted octanol–water partition coefficient (Wildman–Crippen LogP) is 1.92. The number of esters is 1. The Hall–Kier alpha value is -2.15. The van der Waals surface area contributed by atoms with Gasteiger partial charge in [0.1, 0.15) is 5.00 Å². The van der Waals surface area contributed by atoms with Crippen LogP contribution in [0.1, 0.15) is 40.6 Å². The number of anilines is 1. The number of hydrogen-bond donors (Lipinski definition) is 1. The van der Waals surface area contributed by atoms with Gasteiger partial charge in [0.25, 0.3) is 0 Å². The lowest BCUT2D eigenvalue weighted by molar-refractivity contribution is -0.316. The Morgan fingerprint density at radius 3 is 2.35 bits per heavy atom.